The quantitative estimate of drug-likeness (QED) is 0.197. The monoisotopic (exact) mass is 342 g/mol. The standard InChI is InChI=1S/C9H14O8.C3H8O3/c10-3-6(11)4-17-8(14)2-5(9(15)16)1-7(12)13;4-1-3(6)2-5/h5-6,10-11H,1-4H2,(H,12,13)(H,15,16);3-6H,1-2H2. The fraction of sp³-hybridized carbons (Fsp3) is 0.750. The molecule has 0 radical (unpaired) electrons. The van der Waals surface area contributed by atoms with Gasteiger partial charge < -0.3 is 40.5 Å². The van der Waals surface area contributed by atoms with Crippen molar-refractivity contribution in [2.45, 2.75) is 25.0 Å². The second kappa shape index (κ2) is 13.8. The van der Waals surface area contributed by atoms with Crippen molar-refractivity contribution in [1.29, 1.82) is 0 Å². The maximum absolute atomic E-state index is 11.1. The second-order valence-electron chi connectivity index (χ2n) is 4.38. The van der Waals surface area contributed by atoms with E-state index in [9.17, 15) is 14.4 Å². The summed E-state index contributed by atoms with van der Waals surface area (Å²) in [5.74, 6) is -5.05. The first kappa shape index (κ1) is 23.5. The molecule has 136 valence electrons. The number of rotatable bonds is 10. The molecule has 0 saturated heterocycles. The van der Waals surface area contributed by atoms with Crippen LogP contribution in [0.5, 0.6) is 0 Å². The molecule has 0 rings (SSSR count). The molecule has 2 unspecified atom stereocenters. The first-order valence-corrected chi connectivity index (χ1v) is 6.46. The Morgan fingerprint density at radius 2 is 1.30 bits per heavy atom. The zero-order chi connectivity index (χ0) is 18.4. The minimum Gasteiger partial charge on any atom is -0.481 e. The molecular formula is C12H22O11. The number of aliphatic hydroxyl groups excluding tert-OH is 5. The molecule has 0 aliphatic carbocycles. The number of carbonyl (C=O) groups excluding carboxylic acids is 1. The van der Waals surface area contributed by atoms with Crippen molar-refractivity contribution in [3.63, 3.8) is 0 Å². The lowest BCUT2D eigenvalue weighted by Crippen LogP contribution is -2.26. The van der Waals surface area contributed by atoms with Gasteiger partial charge in [0.1, 0.15) is 18.8 Å². The van der Waals surface area contributed by atoms with Gasteiger partial charge in [0.2, 0.25) is 0 Å². The zero-order valence-corrected chi connectivity index (χ0v) is 12.2. The van der Waals surface area contributed by atoms with E-state index in [-0.39, 0.29) is 13.2 Å². The Bertz CT molecular complexity index is 353. The summed E-state index contributed by atoms with van der Waals surface area (Å²) in [5.41, 5.74) is 0. The molecule has 0 heterocycles. The molecule has 0 bridgehead atoms. The van der Waals surface area contributed by atoms with E-state index in [0.29, 0.717) is 0 Å². The van der Waals surface area contributed by atoms with E-state index in [1.807, 2.05) is 0 Å². The van der Waals surface area contributed by atoms with E-state index in [1.165, 1.54) is 0 Å². The van der Waals surface area contributed by atoms with Crippen LogP contribution in [-0.4, -0.2) is 92.3 Å². The van der Waals surface area contributed by atoms with Crippen LogP contribution < -0.4 is 0 Å². The lowest BCUT2D eigenvalue weighted by molar-refractivity contribution is -0.156. The van der Waals surface area contributed by atoms with Crippen molar-refractivity contribution in [1.82, 2.24) is 0 Å². The number of aliphatic carboxylic acids is 2. The largest absolute Gasteiger partial charge is 0.481 e. The van der Waals surface area contributed by atoms with E-state index < -0.39 is 62.1 Å². The molecule has 7 N–H and O–H groups in total. The maximum atomic E-state index is 11.1. The Hall–Kier alpha value is -1.79. The Balaban J connectivity index is 0. The van der Waals surface area contributed by atoms with Crippen LogP contribution in [0.4, 0.5) is 0 Å². The average molecular weight is 342 g/mol. The van der Waals surface area contributed by atoms with Crippen molar-refractivity contribution in [2.24, 2.45) is 5.92 Å². The normalized spacial score (nSPS) is 12.8. The number of carboxylic acid groups (broad SMARTS) is 2. The van der Waals surface area contributed by atoms with Gasteiger partial charge in [-0.1, -0.05) is 0 Å². The predicted molar refractivity (Wildman–Crippen MR) is 72.2 cm³/mol. The molecule has 0 saturated carbocycles. The molecule has 0 aliphatic heterocycles. The van der Waals surface area contributed by atoms with Crippen LogP contribution in [0.1, 0.15) is 12.8 Å². The van der Waals surface area contributed by atoms with Crippen molar-refractivity contribution < 1.29 is 54.9 Å². The number of esters is 1. The fourth-order valence-corrected chi connectivity index (χ4v) is 1.02. The van der Waals surface area contributed by atoms with E-state index in [1.54, 1.807) is 0 Å². The number of hydrogen-bond donors (Lipinski definition) is 7. The van der Waals surface area contributed by atoms with Gasteiger partial charge in [0.15, 0.2) is 0 Å². The summed E-state index contributed by atoms with van der Waals surface area (Å²) in [6.07, 6.45) is -3.47. The van der Waals surface area contributed by atoms with Gasteiger partial charge in [-0.3, -0.25) is 14.4 Å². The maximum Gasteiger partial charge on any atom is 0.307 e. The van der Waals surface area contributed by atoms with Crippen molar-refractivity contribution in [3.8, 4) is 0 Å². The smallest absolute Gasteiger partial charge is 0.307 e. The molecule has 0 aliphatic rings. The highest BCUT2D eigenvalue weighted by molar-refractivity contribution is 5.82. The molecular weight excluding hydrogens is 320 g/mol. The molecule has 23 heavy (non-hydrogen) atoms. The molecule has 0 fully saturated rings. The summed E-state index contributed by atoms with van der Waals surface area (Å²) >= 11 is 0. The van der Waals surface area contributed by atoms with Gasteiger partial charge in [0.25, 0.3) is 0 Å². The summed E-state index contributed by atoms with van der Waals surface area (Å²) in [7, 11) is 0. The topological polar surface area (TPSA) is 202 Å². The van der Waals surface area contributed by atoms with Crippen LogP contribution in [0.3, 0.4) is 0 Å². The van der Waals surface area contributed by atoms with E-state index >= 15 is 0 Å². The van der Waals surface area contributed by atoms with Crippen molar-refractivity contribution >= 4 is 17.9 Å². The molecule has 2 atom stereocenters. The minimum atomic E-state index is -1.41. The summed E-state index contributed by atoms with van der Waals surface area (Å²) in [6.45, 7) is -1.79. The third-order valence-corrected chi connectivity index (χ3v) is 2.25. The summed E-state index contributed by atoms with van der Waals surface area (Å²) in [5, 5.41) is 58.3. The lowest BCUT2D eigenvalue weighted by atomic mass is 10.0. The van der Waals surface area contributed by atoms with Crippen LogP contribution in [-0.2, 0) is 19.1 Å². The number of carbonyl (C=O) groups is 3. The van der Waals surface area contributed by atoms with Gasteiger partial charge in [0.05, 0.1) is 38.6 Å². The fourth-order valence-electron chi connectivity index (χ4n) is 1.02. The van der Waals surface area contributed by atoms with E-state index in [2.05, 4.69) is 4.74 Å². The highest BCUT2D eigenvalue weighted by Crippen LogP contribution is 2.10. The molecule has 0 aromatic carbocycles. The molecule has 0 spiro atoms. The Kier molecular flexibility index (Phi) is 14.1. The highest BCUT2D eigenvalue weighted by Gasteiger charge is 2.25. The number of hydrogen-bond acceptors (Lipinski definition) is 9. The average Bonchev–Trinajstić information content (AvgIpc) is 2.51. The van der Waals surface area contributed by atoms with Crippen LogP contribution in [0, 0.1) is 5.92 Å². The van der Waals surface area contributed by atoms with Gasteiger partial charge in [-0.25, -0.2) is 0 Å². The summed E-state index contributed by atoms with van der Waals surface area (Å²) in [6, 6.07) is 0. The van der Waals surface area contributed by atoms with Crippen molar-refractivity contribution in [2.75, 3.05) is 26.4 Å². The molecule has 0 amide bonds. The van der Waals surface area contributed by atoms with Gasteiger partial charge in [-0.2, -0.15) is 0 Å². The molecule has 11 heteroatoms. The number of aliphatic hydroxyl groups is 5. The van der Waals surface area contributed by atoms with Crippen LogP contribution in [0.15, 0.2) is 0 Å². The summed E-state index contributed by atoms with van der Waals surface area (Å²) < 4.78 is 4.45. The SMILES string of the molecule is O=C(O)CC(CC(=O)OCC(O)CO)C(=O)O.OCC(O)CO. The van der Waals surface area contributed by atoms with Crippen molar-refractivity contribution in [3.05, 3.63) is 0 Å². The van der Waals surface area contributed by atoms with E-state index in [0.717, 1.165) is 0 Å². The van der Waals surface area contributed by atoms with Gasteiger partial charge in [-0.15, -0.1) is 0 Å². The van der Waals surface area contributed by atoms with E-state index in [4.69, 9.17) is 35.7 Å². The summed E-state index contributed by atoms with van der Waals surface area (Å²) in [4.78, 5) is 32.0. The zero-order valence-electron chi connectivity index (χ0n) is 12.2. The molecule has 0 aromatic rings. The lowest BCUT2D eigenvalue weighted by Gasteiger charge is -2.11. The third-order valence-electron chi connectivity index (χ3n) is 2.25. The Morgan fingerprint density at radius 3 is 1.61 bits per heavy atom. The molecule has 0 aromatic heterocycles. The van der Waals surface area contributed by atoms with Crippen LogP contribution in [0.2, 0.25) is 0 Å². The predicted octanol–water partition coefficient (Wildman–Crippen LogP) is -3.22. The Labute approximate surface area is 131 Å². The molecule has 11 nitrogen and oxygen atoms in total. The second-order valence-corrected chi connectivity index (χ2v) is 4.38. The number of carboxylic acids is 2. The number of ether oxygens (including phenoxy) is 1. The first-order chi connectivity index (χ1) is 10.7. The van der Waals surface area contributed by atoms with Gasteiger partial charge in [0, 0.05) is 0 Å². The first-order valence-electron chi connectivity index (χ1n) is 6.46. The third kappa shape index (κ3) is 14.9. The van der Waals surface area contributed by atoms with Crippen LogP contribution >= 0.6 is 0 Å². The minimum absolute atomic E-state index is 0.365. The van der Waals surface area contributed by atoms with Crippen LogP contribution in [0.25, 0.3) is 0 Å². The Morgan fingerprint density at radius 1 is 0.826 bits per heavy atom. The highest BCUT2D eigenvalue weighted by atomic mass is 16.5. The van der Waals surface area contributed by atoms with Gasteiger partial charge in [-0.05, 0) is 0 Å². The van der Waals surface area contributed by atoms with Gasteiger partial charge >= 0.3 is 17.9 Å².